The Bertz CT molecular complexity index is 301. The fraction of sp³-hybridized carbons (Fsp3) is 0.273. The topological polar surface area (TPSA) is 75.3 Å². The van der Waals surface area contributed by atoms with Crippen molar-refractivity contribution in [2.24, 2.45) is 5.73 Å². The molecule has 0 aliphatic carbocycles. The van der Waals surface area contributed by atoms with Crippen molar-refractivity contribution in [2.45, 2.75) is 12.8 Å². The highest BCUT2D eigenvalue weighted by Crippen LogP contribution is 2.16. The third-order valence-electron chi connectivity index (χ3n) is 2.01. The first-order valence-electron chi connectivity index (χ1n) is 4.85. The van der Waals surface area contributed by atoms with Gasteiger partial charge < -0.3 is 16.2 Å². The molecule has 0 spiro atoms. The summed E-state index contributed by atoms with van der Waals surface area (Å²) in [5.74, 6) is 0. The van der Waals surface area contributed by atoms with Crippen LogP contribution in [0.15, 0.2) is 30.3 Å². The molecule has 0 aromatic heterocycles. The van der Waals surface area contributed by atoms with Crippen LogP contribution in [0.1, 0.15) is 18.4 Å². The minimum absolute atomic E-state index is 0.553. The van der Waals surface area contributed by atoms with Crippen molar-refractivity contribution in [3.63, 3.8) is 0 Å². The number of amides is 1. The second-order valence-electron chi connectivity index (χ2n) is 3.17. The van der Waals surface area contributed by atoms with Gasteiger partial charge in [-0.05, 0) is 24.9 Å². The largest absolute Gasteiger partial charge is 0.465 e. The number of nitrogens with one attached hydrogen (secondary N) is 1. The van der Waals surface area contributed by atoms with Crippen molar-refractivity contribution < 1.29 is 9.90 Å². The third kappa shape index (κ3) is 3.99. The van der Waals surface area contributed by atoms with E-state index in [0.717, 1.165) is 12.0 Å². The molecular formula is C11H15N2O2. The number of hydrogen-bond donors (Lipinski definition) is 3. The molecule has 1 amide bonds. The van der Waals surface area contributed by atoms with Crippen LogP contribution in [0.4, 0.5) is 4.79 Å². The molecule has 0 aliphatic heterocycles. The van der Waals surface area contributed by atoms with E-state index in [4.69, 9.17) is 10.8 Å². The van der Waals surface area contributed by atoms with Crippen molar-refractivity contribution in [1.29, 1.82) is 0 Å². The monoisotopic (exact) mass is 207 g/mol. The zero-order chi connectivity index (χ0) is 11.1. The summed E-state index contributed by atoms with van der Waals surface area (Å²) in [4.78, 5) is 10.6. The van der Waals surface area contributed by atoms with E-state index in [9.17, 15) is 4.79 Å². The maximum absolute atomic E-state index is 10.6. The van der Waals surface area contributed by atoms with Crippen molar-refractivity contribution >= 4 is 6.09 Å². The molecule has 4 N–H and O–H groups in total. The van der Waals surface area contributed by atoms with Crippen molar-refractivity contribution in [2.75, 3.05) is 6.54 Å². The Kier molecular flexibility index (Phi) is 4.63. The van der Waals surface area contributed by atoms with Crippen molar-refractivity contribution in [3.05, 3.63) is 41.9 Å². The number of carbonyl (C=O) groups is 1. The van der Waals surface area contributed by atoms with Crippen molar-refractivity contribution in [1.82, 2.24) is 5.32 Å². The van der Waals surface area contributed by atoms with Crippen LogP contribution in [0.5, 0.6) is 0 Å². The summed E-state index contributed by atoms with van der Waals surface area (Å²) in [6.07, 6.45) is 0.378. The molecule has 0 bridgehead atoms. The first-order chi connectivity index (χ1) is 7.24. The van der Waals surface area contributed by atoms with Crippen LogP contribution < -0.4 is 11.1 Å². The van der Waals surface area contributed by atoms with Gasteiger partial charge >= 0.3 is 6.09 Å². The fourth-order valence-electron chi connectivity index (χ4n) is 1.33. The zero-order valence-corrected chi connectivity index (χ0v) is 8.44. The SMILES string of the molecule is NCCC[C](NC(=O)O)c1ccccc1. The Morgan fingerprint density at radius 3 is 2.53 bits per heavy atom. The molecule has 81 valence electrons. The normalized spacial score (nSPS) is 10.3. The van der Waals surface area contributed by atoms with Crippen LogP contribution in [-0.2, 0) is 0 Å². The molecule has 0 fully saturated rings. The van der Waals surface area contributed by atoms with Gasteiger partial charge in [-0.1, -0.05) is 30.3 Å². The number of benzene rings is 1. The van der Waals surface area contributed by atoms with Crippen molar-refractivity contribution in [3.8, 4) is 0 Å². The lowest BCUT2D eigenvalue weighted by molar-refractivity contribution is 0.195. The average molecular weight is 207 g/mol. The van der Waals surface area contributed by atoms with E-state index < -0.39 is 6.09 Å². The van der Waals surface area contributed by atoms with E-state index in [1.165, 1.54) is 0 Å². The summed E-state index contributed by atoms with van der Waals surface area (Å²) in [6.45, 7) is 0.553. The summed E-state index contributed by atoms with van der Waals surface area (Å²) in [5.41, 5.74) is 6.29. The molecule has 15 heavy (non-hydrogen) atoms. The molecule has 0 saturated carbocycles. The van der Waals surface area contributed by atoms with Crippen LogP contribution in [0, 0.1) is 6.04 Å². The Labute approximate surface area is 89.1 Å². The fourth-order valence-corrected chi connectivity index (χ4v) is 1.33. The summed E-state index contributed by atoms with van der Waals surface area (Å²) < 4.78 is 0. The number of hydrogen-bond acceptors (Lipinski definition) is 2. The van der Waals surface area contributed by atoms with Gasteiger partial charge in [-0.15, -0.1) is 0 Å². The second-order valence-corrected chi connectivity index (χ2v) is 3.17. The molecule has 1 rings (SSSR count). The first-order valence-corrected chi connectivity index (χ1v) is 4.85. The molecule has 0 aliphatic rings. The Morgan fingerprint density at radius 1 is 1.33 bits per heavy atom. The molecule has 0 atom stereocenters. The second kappa shape index (κ2) is 6.03. The van der Waals surface area contributed by atoms with Gasteiger partial charge in [0.15, 0.2) is 0 Å². The summed E-state index contributed by atoms with van der Waals surface area (Å²) >= 11 is 0. The molecule has 1 aromatic carbocycles. The summed E-state index contributed by atoms with van der Waals surface area (Å²) in [6, 6.07) is 10.1. The van der Waals surface area contributed by atoms with Gasteiger partial charge in [0.25, 0.3) is 0 Å². The van der Waals surface area contributed by atoms with Gasteiger partial charge in [0.05, 0.1) is 6.04 Å². The molecule has 0 saturated heterocycles. The molecule has 0 unspecified atom stereocenters. The lowest BCUT2D eigenvalue weighted by atomic mass is 10.0. The Hall–Kier alpha value is -1.55. The van der Waals surface area contributed by atoms with E-state index in [1.807, 2.05) is 30.3 Å². The van der Waals surface area contributed by atoms with E-state index in [-0.39, 0.29) is 0 Å². The highest BCUT2D eigenvalue weighted by atomic mass is 16.4. The van der Waals surface area contributed by atoms with Crippen LogP contribution in [0.2, 0.25) is 0 Å². The first kappa shape index (κ1) is 11.5. The van der Waals surface area contributed by atoms with Gasteiger partial charge in [-0.2, -0.15) is 0 Å². The maximum atomic E-state index is 10.6. The number of carboxylic acid groups (broad SMARTS) is 1. The smallest absolute Gasteiger partial charge is 0.405 e. The van der Waals surface area contributed by atoms with Gasteiger partial charge in [-0.25, -0.2) is 4.79 Å². The molecule has 4 heteroatoms. The third-order valence-corrected chi connectivity index (χ3v) is 2.01. The highest BCUT2D eigenvalue weighted by molar-refractivity contribution is 5.67. The van der Waals surface area contributed by atoms with Crippen LogP contribution in [0.3, 0.4) is 0 Å². The van der Waals surface area contributed by atoms with E-state index in [1.54, 1.807) is 0 Å². The van der Waals surface area contributed by atoms with Gasteiger partial charge in [-0.3, -0.25) is 0 Å². The predicted molar refractivity (Wildman–Crippen MR) is 58.2 cm³/mol. The van der Waals surface area contributed by atoms with E-state index in [0.29, 0.717) is 19.0 Å². The average Bonchev–Trinajstić information content (AvgIpc) is 2.25. The lowest BCUT2D eigenvalue weighted by Gasteiger charge is -2.15. The van der Waals surface area contributed by atoms with Crippen LogP contribution in [-0.4, -0.2) is 17.7 Å². The quantitative estimate of drug-likeness (QED) is 0.686. The molecule has 0 heterocycles. The molecule has 4 nitrogen and oxygen atoms in total. The highest BCUT2D eigenvalue weighted by Gasteiger charge is 2.13. The lowest BCUT2D eigenvalue weighted by Crippen LogP contribution is -2.28. The van der Waals surface area contributed by atoms with E-state index >= 15 is 0 Å². The Morgan fingerprint density at radius 2 is 2.00 bits per heavy atom. The number of nitrogens with two attached hydrogens (primary N) is 1. The van der Waals surface area contributed by atoms with Crippen LogP contribution >= 0.6 is 0 Å². The number of rotatable bonds is 5. The molecule has 1 aromatic rings. The minimum atomic E-state index is -1.04. The molecular weight excluding hydrogens is 192 g/mol. The summed E-state index contributed by atoms with van der Waals surface area (Å²) in [5, 5.41) is 11.1. The standard InChI is InChI=1S/C11H15N2O2/c12-8-4-7-10(13-11(14)15)9-5-2-1-3-6-9/h1-3,5-6,13H,4,7-8,12H2,(H,14,15). The minimum Gasteiger partial charge on any atom is -0.465 e. The van der Waals surface area contributed by atoms with Gasteiger partial charge in [0.1, 0.15) is 0 Å². The van der Waals surface area contributed by atoms with Crippen LogP contribution in [0.25, 0.3) is 0 Å². The maximum Gasteiger partial charge on any atom is 0.405 e. The van der Waals surface area contributed by atoms with Gasteiger partial charge in [0.2, 0.25) is 0 Å². The molecule has 1 radical (unpaired) electrons. The van der Waals surface area contributed by atoms with E-state index in [2.05, 4.69) is 5.32 Å². The Balaban J connectivity index is 2.67. The predicted octanol–water partition coefficient (Wildman–Crippen LogP) is 1.57. The summed E-state index contributed by atoms with van der Waals surface area (Å²) in [7, 11) is 0. The van der Waals surface area contributed by atoms with Gasteiger partial charge in [0, 0.05) is 0 Å². The zero-order valence-electron chi connectivity index (χ0n) is 8.44.